The van der Waals surface area contributed by atoms with Crippen molar-refractivity contribution in [1.82, 2.24) is 19.5 Å². The first-order chi connectivity index (χ1) is 33.9. The van der Waals surface area contributed by atoms with Crippen LogP contribution in [0.2, 0.25) is 0 Å². The molecule has 2 aromatic heterocycles. The van der Waals surface area contributed by atoms with Crippen LogP contribution in [0.3, 0.4) is 0 Å². The molecule has 0 aliphatic heterocycles. The van der Waals surface area contributed by atoms with Crippen molar-refractivity contribution in [2.45, 2.75) is 0 Å². The van der Waals surface area contributed by atoms with Gasteiger partial charge in [-0.1, -0.05) is 164 Å². The Morgan fingerprint density at radius 2 is 0.782 bits per heavy atom. The van der Waals surface area contributed by atoms with Crippen LogP contribution in [-0.2, 0) is 0 Å². The van der Waals surface area contributed by atoms with Crippen LogP contribution in [0, 0.1) is 0 Å². The van der Waals surface area contributed by atoms with E-state index >= 15 is 0 Å². The molecule has 0 N–H and O–H groups in total. The predicted molar refractivity (Wildman–Crippen MR) is 227 cm³/mol. The van der Waals surface area contributed by atoms with E-state index in [0.717, 1.165) is 26.8 Å². The molecule has 4 nitrogen and oxygen atoms in total. The van der Waals surface area contributed by atoms with Crippen molar-refractivity contribution in [2.24, 2.45) is 0 Å². The first kappa shape index (κ1) is 19.6. The summed E-state index contributed by atoms with van der Waals surface area (Å²) in [6.07, 6.45) is 0. The Labute approximate surface area is 342 Å². The van der Waals surface area contributed by atoms with Crippen molar-refractivity contribution >= 4 is 21.8 Å². The van der Waals surface area contributed by atoms with Gasteiger partial charge < -0.3 is 4.57 Å². The fourth-order valence-corrected chi connectivity index (χ4v) is 6.40. The maximum absolute atomic E-state index is 9.56. The van der Waals surface area contributed by atoms with Crippen LogP contribution in [0.25, 0.3) is 95.0 Å². The Hall–Kier alpha value is -7.43. The largest absolute Gasteiger partial charge is 0.309 e. The van der Waals surface area contributed by atoms with Gasteiger partial charge in [-0.15, -0.1) is 0 Å². The standard InChI is InChI=1S/C51H34N4/c1-4-12-35(13-5-1)38-20-24-40(25-21-38)49-52-50(41-26-22-39(23-27-41)36-14-6-2-7-15-36)54-51(53-49)42-28-31-44(32-29-42)55-47-19-11-10-18-45(47)46-34-43(30-33-48(46)55)37-16-8-3-9-17-37/h1-34H/i3D,8D,9D,10D,11D,16D,17D,18D,19D,28D,29D,30D,31D,32D,33D,34D. The first-order valence-electron chi connectivity index (χ1n) is 25.2. The number of hydrogen-bond acceptors (Lipinski definition) is 3. The van der Waals surface area contributed by atoms with E-state index in [9.17, 15) is 9.60 Å². The van der Waals surface area contributed by atoms with E-state index in [2.05, 4.69) is 0 Å². The summed E-state index contributed by atoms with van der Waals surface area (Å²) < 4.78 is 144. The van der Waals surface area contributed by atoms with Crippen LogP contribution < -0.4 is 0 Å². The van der Waals surface area contributed by atoms with E-state index in [4.69, 9.17) is 27.3 Å². The number of hydrogen-bond donors (Lipinski definition) is 0. The van der Waals surface area contributed by atoms with E-state index in [1.165, 1.54) is 0 Å². The lowest BCUT2D eigenvalue weighted by Crippen LogP contribution is -2.00. The molecule has 0 aliphatic carbocycles. The molecule has 0 fully saturated rings. The van der Waals surface area contributed by atoms with Gasteiger partial charge in [0.15, 0.2) is 17.5 Å². The van der Waals surface area contributed by atoms with Crippen LogP contribution in [0.4, 0.5) is 0 Å². The third-order valence-corrected chi connectivity index (χ3v) is 9.10. The van der Waals surface area contributed by atoms with Gasteiger partial charge in [-0.25, -0.2) is 15.0 Å². The highest BCUT2D eigenvalue weighted by atomic mass is 15.0. The van der Waals surface area contributed by atoms with Gasteiger partial charge >= 0.3 is 0 Å². The summed E-state index contributed by atoms with van der Waals surface area (Å²) in [7, 11) is 0. The van der Waals surface area contributed by atoms with Crippen molar-refractivity contribution in [1.29, 1.82) is 0 Å². The van der Waals surface area contributed by atoms with Crippen LogP contribution in [0.5, 0.6) is 0 Å². The summed E-state index contributed by atoms with van der Waals surface area (Å²) in [5.74, 6) is 0.0647. The number of aromatic nitrogens is 4. The monoisotopic (exact) mass is 718 g/mol. The highest BCUT2D eigenvalue weighted by molar-refractivity contribution is 6.10. The summed E-state index contributed by atoms with van der Waals surface area (Å²) in [4.78, 5) is 14.3. The van der Waals surface area contributed by atoms with Gasteiger partial charge in [0.1, 0.15) is 0 Å². The smallest absolute Gasteiger partial charge is 0.164 e. The average Bonchev–Trinajstić information content (AvgIpc) is 3.75. The SMILES string of the molecule is [2H]c1c([2H])c([2H])c(-c2c([2H])c([2H])c3c(c2[2H])c2c([2H])c([2H])c([2H])c([2H])c2n3-c2c([2H])c([2H])c(-c3nc(-c4ccc(-c5ccccc5)cc4)nc(-c4ccc(-c5ccccc5)cc4)n3)c([2H])c2[2H])c([2H])c1[2H]. The molecule has 0 spiro atoms. The number of rotatable bonds is 7. The van der Waals surface area contributed by atoms with Gasteiger partial charge in [-0.05, 0) is 75.7 Å². The predicted octanol–water partition coefficient (Wildman–Crippen LogP) is 13.0. The zero-order chi connectivity index (χ0) is 50.5. The molecule has 0 unspecified atom stereocenters. The molecule has 55 heavy (non-hydrogen) atoms. The van der Waals surface area contributed by atoms with Crippen LogP contribution in [0.15, 0.2) is 206 Å². The molecule has 0 atom stereocenters. The van der Waals surface area contributed by atoms with Gasteiger partial charge in [0.05, 0.1) is 33.0 Å². The topological polar surface area (TPSA) is 43.6 Å². The van der Waals surface area contributed by atoms with E-state index in [0.29, 0.717) is 11.1 Å². The van der Waals surface area contributed by atoms with Gasteiger partial charge in [-0.3, -0.25) is 0 Å². The van der Waals surface area contributed by atoms with Crippen molar-refractivity contribution in [2.75, 3.05) is 0 Å². The lowest BCUT2D eigenvalue weighted by Gasteiger charge is -2.11. The number of benzene rings is 8. The molecule has 10 rings (SSSR count). The minimum atomic E-state index is -0.828. The minimum Gasteiger partial charge on any atom is -0.309 e. The molecule has 0 amide bonds. The van der Waals surface area contributed by atoms with Gasteiger partial charge in [0.2, 0.25) is 0 Å². The zero-order valence-electron chi connectivity index (χ0n) is 44.7. The number of fused-ring (bicyclic) bond motifs is 3. The quantitative estimate of drug-likeness (QED) is 0.165. The van der Waals surface area contributed by atoms with Gasteiger partial charge in [0, 0.05) is 33.2 Å². The molecule has 0 radical (unpaired) electrons. The second-order valence-corrected chi connectivity index (χ2v) is 12.4. The first-order valence-corrected chi connectivity index (χ1v) is 17.2. The van der Waals surface area contributed by atoms with Crippen LogP contribution in [0.1, 0.15) is 21.9 Å². The summed E-state index contributed by atoms with van der Waals surface area (Å²) in [6, 6.07) is 22.2. The fourth-order valence-electron chi connectivity index (χ4n) is 6.40. The Morgan fingerprint density at radius 3 is 1.36 bits per heavy atom. The van der Waals surface area contributed by atoms with Gasteiger partial charge in [-0.2, -0.15) is 0 Å². The molecule has 258 valence electrons. The number of nitrogens with zero attached hydrogens (tertiary/aromatic N) is 4. The maximum Gasteiger partial charge on any atom is 0.164 e. The van der Waals surface area contributed by atoms with E-state index < -0.39 is 135 Å². The highest BCUT2D eigenvalue weighted by Gasteiger charge is 2.16. The Kier molecular flexibility index (Phi) is 4.93. The number of para-hydroxylation sites is 1. The normalized spacial score (nSPS) is 15.3. The molecule has 0 bridgehead atoms. The third kappa shape index (κ3) is 6.16. The zero-order valence-corrected chi connectivity index (χ0v) is 28.7. The highest BCUT2D eigenvalue weighted by Crippen LogP contribution is 2.36. The fraction of sp³-hybridized carbons (Fsp3) is 0. The average molecular weight is 719 g/mol. The molecule has 2 heterocycles. The molecule has 10 aromatic rings. The van der Waals surface area contributed by atoms with Crippen molar-refractivity contribution in [3.63, 3.8) is 0 Å². The summed E-state index contributed by atoms with van der Waals surface area (Å²) in [6.45, 7) is 0. The van der Waals surface area contributed by atoms with Crippen LogP contribution >= 0.6 is 0 Å². The molecular formula is C51H34N4. The Balaban J connectivity index is 1.23. The van der Waals surface area contributed by atoms with E-state index in [1.807, 2.05) is 109 Å². The van der Waals surface area contributed by atoms with E-state index in [1.54, 1.807) is 0 Å². The van der Waals surface area contributed by atoms with Crippen molar-refractivity contribution in [3.05, 3.63) is 206 Å². The lowest BCUT2D eigenvalue weighted by molar-refractivity contribution is 1.07. The van der Waals surface area contributed by atoms with E-state index in [-0.39, 0.29) is 23.0 Å². The second kappa shape index (κ2) is 13.8. The summed E-state index contributed by atoms with van der Waals surface area (Å²) in [5, 5.41) is -0.818. The van der Waals surface area contributed by atoms with Gasteiger partial charge in [0.25, 0.3) is 0 Å². The minimum absolute atomic E-state index is 0.149. The molecule has 0 saturated heterocycles. The second-order valence-electron chi connectivity index (χ2n) is 12.4. The maximum atomic E-state index is 9.56. The molecular weight excluding hydrogens is 669 g/mol. The summed E-state index contributed by atoms with van der Waals surface area (Å²) in [5.41, 5.74) is 1.81. The molecule has 8 aromatic carbocycles. The molecule has 0 saturated carbocycles. The Morgan fingerprint density at radius 1 is 0.327 bits per heavy atom. The Bertz CT molecular complexity index is 3710. The van der Waals surface area contributed by atoms with Crippen LogP contribution in [-0.4, -0.2) is 19.5 Å². The third-order valence-electron chi connectivity index (χ3n) is 9.10. The van der Waals surface area contributed by atoms with Crippen molar-refractivity contribution < 1.29 is 21.9 Å². The van der Waals surface area contributed by atoms with Crippen molar-refractivity contribution in [3.8, 4) is 73.2 Å². The lowest BCUT2D eigenvalue weighted by atomic mass is 10.0. The molecule has 0 aliphatic rings. The summed E-state index contributed by atoms with van der Waals surface area (Å²) >= 11 is 0. The molecule has 4 heteroatoms.